The lowest BCUT2D eigenvalue weighted by atomic mass is 9.96. The average molecular weight is 378 g/mol. The van der Waals surface area contributed by atoms with E-state index in [1.54, 1.807) is 30.6 Å². The molecular formula is C21H16ClN3O2. The van der Waals surface area contributed by atoms with Crippen LogP contribution in [0.5, 0.6) is 5.75 Å². The molecule has 0 aliphatic rings. The fourth-order valence-corrected chi connectivity index (χ4v) is 3.49. The van der Waals surface area contributed by atoms with Gasteiger partial charge in [-0.05, 0) is 35.9 Å². The van der Waals surface area contributed by atoms with Gasteiger partial charge < -0.3 is 10.4 Å². The number of benzene rings is 2. The van der Waals surface area contributed by atoms with E-state index in [9.17, 15) is 9.90 Å². The summed E-state index contributed by atoms with van der Waals surface area (Å²) in [4.78, 5) is 20.6. The van der Waals surface area contributed by atoms with Crippen molar-refractivity contribution >= 4 is 39.3 Å². The lowest BCUT2D eigenvalue weighted by Gasteiger charge is -2.21. The van der Waals surface area contributed by atoms with Gasteiger partial charge in [-0.15, -0.1) is 0 Å². The number of para-hydroxylation sites is 1. The number of nitrogens with one attached hydrogen (secondary N) is 1. The zero-order valence-electron chi connectivity index (χ0n) is 14.5. The van der Waals surface area contributed by atoms with Crippen LogP contribution in [-0.2, 0) is 4.79 Å². The number of carbonyl (C=O) groups excluding carboxylic acids is 1. The molecule has 2 aromatic carbocycles. The van der Waals surface area contributed by atoms with Gasteiger partial charge in [0.25, 0.3) is 0 Å². The molecule has 6 heteroatoms. The highest BCUT2D eigenvalue weighted by Crippen LogP contribution is 2.38. The molecule has 1 amide bonds. The van der Waals surface area contributed by atoms with Gasteiger partial charge in [-0.1, -0.05) is 29.8 Å². The van der Waals surface area contributed by atoms with Crippen LogP contribution >= 0.6 is 11.6 Å². The summed E-state index contributed by atoms with van der Waals surface area (Å²) in [6, 6.07) is 14.3. The van der Waals surface area contributed by atoms with Crippen LogP contribution in [0, 0.1) is 0 Å². The molecule has 0 saturated heterocycles. The van der Waals surface area contributed by atoms with Crippen molar-refractivity contribution in [2.45, 2.75) is 13.0 Å². The summed E-state index contributed by atoms with van der Waals surface area (Å²) in [5.41, 5.74) is 2.46. The summed E-state index contributed by atoms with van der Waals surface area (Å²) >= 11 is 6.42. The van der Waals surface area contributed by atoms with Crippen molar-refractivity contribution in [1.82, 2.24) is 15.3 Å². The van der Waals surface area contributed by atoms with Crippen LogP contribution in [0.15, 0.2) is 60.9 Å². The van der Waals surface area contributed by atoms with Gasteiger partial charge in [0, 0.05) is 35.7 Å². The van der Waals surface area contributed by atoms with Crippen molar-refractivity contribution in [2.24, 2.45) is 0 Å². The van der Waals surface area contributed by atoms with Gasteiger partial charge in [0.05, 0.1) is 16.6 Å². The van der Waals surface area contributed by atoms with E-state index in [0.29, 0.717) is 21.5 Å². The maximum atomic E-state index is 11.9. The normalized spacial score (nSPS) is 12.2. The Kier molecular flexibility index (Phi) is 4.38. The van der Waals surface area contributed by atoms with Crippen molar-refractivity contribution in [3.8, 4) is 5.75 Å². The predicted molar refractivity (Wildman–Crippen MR) is 106 cm³/mol. The molecule has 2 heterocycles. The van der Waals surface area contributed by atoms with Crippen LogP contribution in [0.3, 0.4) is 0 Å². The fourth-order valence-electron chi connectivity index (χ4n) is 3.22. The van der Waals surface area contributed by atoms with Crippen LogP contribution in [0.4, 0.5) is 0 Å². The van der Waals surface area contributed by atoms with Gasteiger partial charge in [0.1, 0.15) is 11.3 Å². The van der Waals surface area contributed by atoms with E-state index in [2.05, 4.69) is 15.3 Å². The van der Waals surface area contributed by atoms with Crippen molar-refractivity contribution in [3.05, 3.63) is 77.1 Å². The number of phenols is 1. The highest BCUT2D eigenvalue weighted by molar-refractivity contribution is 6.35. The Morgan fingerprint density at radius 2 is 1.96 bits per heavy atom. The first-order valence-electron chi connectivity index (χ1n) is 8.42. The van der Waals surface area contributed by atoms with Crippen LogP contribution < -0.4 is 5.32 Å². The SMILES string of the molecule is CC(=O)NC(c1cnc2ccccc2c1)c1cc(Cl)c2cccnc2c1O. The Bertz CT molecular complexity index is 1180. The average Bonchev–Trinajstić information content (AvgIpc) is 2.68. The molecule has 134 valence electrons. The van der Waals surface area contributed by atoms with Gasteiger partial charge in [0.15, 0.2) is 0 Å². The number of amides is 1. The second-order valence-electron chi connectivity index (χ2n) is 6.29. The number of hydrogen-bond acceptors (Lipinski definition) is 4. The van der Waals surface area contributed by atoms with E-state index in [-0.39, 0.29) is 11.7 Å². The summed E-state index contributed by atoms with van der Waals surface area (Å²) < 4.78 is 0. The van der Waals surface area contributed by atoms with Crippen LogP contribution in [0.25, 0.3) is 21.8 Å². The summed E-state index contributed by atoms with van der Waals surface area (Å²) in [7, 11) is 0. The largest absolute Gasteiger partial charge is 0.505 e. The molecule has 0 aliphatic heterocycles. The summed E-state index contributed by atoms with van der Waals surface area (Å²) in [5.74, 6) is -0.244. The van der Waals surface area contributed by atoms with Crippen LogP contribution in [0.1, 0.15) is 24.1 Å². The number of aromatic nitrogens is 2. The summed E-state index contributed by atoms with van der Waals surface area (Å²) in [5, 5.41) is 15.8. The van der Waals surface area contributed by atoms with Gasteiger partial charge >= 0.3 is 0 Å². The van der Waals surface area contributed by atoms with Crippen LogP contribution in [0.2, 0.25) is 5.02 Å². The molecule has 2 aromatic heterocycles. The van der Waals surface area contributed by atoms with E-state index >= 15 is 0 Å². The van der Waals surface area contributed by atoms with E-state index in [0.717, 1.165) is 16.5 Å². The lowest BCUT2D eigenvalue weighted by molar-refractivity contribution is -0.119. The number of aromatic hydroxyl groups is 1. The van der Waals surface area contributed by atoms with Gasteiger partial charge in [-0.3, -0.25) is 14.8 Å². The maximum absolute atomic E-state index is 11.9. The highest BCUT2D eigenvalue weighted by Gasteiger charge is 2.23. The number of rotatable bonds is 3. The molecule has 2 N–H and O–H groups in total. The minimum atomic E-state index is -0.608. The minimum Gasteiger partial charge on any atom is -0.505 e. The standard InChI is InChI=1S/C21H16ClN3O2/c1-12(26)25-19(14-9-13-5-2-3-7-18(13)24-11-14)16-10-17(22)15-6-4-8-23-20(15)21(16)27/h2-11,19,27H,1H3,(H,25,26). The Balaban J connectivity index is 1.93. The molecule has 4 rings (SSSR count). The number of fused-ring (bicyclic) bond motifs is 2. The Morgan fingerprint density at radius 1 is 1.15 bits per heavy atom. The molecule has 0 saturated carbocycles. The molecule has 0 radical (unpaired) electrons. The molecule has 5 nitrogen and oxygen atoms in total. The molecule has 1 unspecified atom stereocenters. The quantitative estimate of drug-likeness (QED) is 0.556. The third-order valence-corrected chi connectivity index (χ3v) is 4.76. The Morgan fingerprint density at radius 3 is 2.78 bits per heavy atom. The molecule has 0 aliphatic carbocycles. The number of nitrogens with zero attached hydrogens (tertiary/aromatic N) is 2. The van der Waals surface area contributed by atoms with Crippen molar-refractivity contribution < 1.29 is 9.90 Å². The monoisotopic (exact) mass is 377 g/mol. The van der Waals surface area contributed by atoms with Gasteiger partial charge in [-0.2, -0.15) is 0 Å². The molecule has 0 fully saturated rings. The second kappa shape index (κ2) is 6.85. The predicted octanol–water partition coefficient (Wildman–Crippen LogP) is 4.37. The molecule has 0 spiro atoms. The molecule has 4 aromatic rings. The van der Waals surface area contributed by atoms with Crippen molar-refractivity contribution in [1.29, 1.82) is 0 Å². The Labute approximate surface area is 160 Å². The van der Waals surface area contributed by atoms with Crippen LogP contribution in [-0.4, -0.2) is 21.0 Å². The number of pyridine rings is 2. The van der Waals surface area contributed by atoms with Gasteiger partial charge in [-0.25, -0.2) is 0 Å². The van der Waals surface area contributed by atoms with E-state index in [4.69, 9.17) is 11.6 Å². The number of carbonyl (C=O) groups is 1. The number of halogens is 1. The van der Waals surface area contributed by atoms with E-state index in [1.165, 1.54) is 6.92 Å². The first-order chi connectivity index (χ1) is 13.0. The summed E-state index contributed by atoms with van der Waals surface area (Å²) in [6.45, 7) is 1.43. The van der Waals surface area contributed by atoms with Crippen molar-refractivity contribution in [3.63, 3.8) is 0 Å². The lowest BCUT2D eigenvalue weighted by Crippen LogP contribution is -2.27. The zero-order chi connectivity index (χ0) is 19.0. The molecule has 1 atom stereocenters. The minimum absolute atomic E-state index is 0.0121. The second-order valence-corrected chi connectivity index (χ2v) is 6.70. The molecule has 0 bridgehead atoms. The maximum Gasteiger partial charge on any atom is 0.217 e. The smallest absolute Gasteiger partial charge is 0.217 e. The first kappa shape index (κ1) is 17.2. The van der Waals surface area contributed by atoms with E-state index in [1.807, 2.05) is 30.3 Å². The third-order valence-electron chi connectivity index (χ3n) is 4.45. The van der Waals surface area contributed by atoms with Crippen molar-refractivity contribution in [2.75, 3.05) is 0 Å². The fraction of sp³-hybridized carbons (Fsp3) is 0.0952. The number of phenolic OH excluding ortho intramolecular Hbond substituents is 1. The first-order valence-corrected chi connectivity index (χ1v) is 8.80. The molecular weight excluding hydrogens is 362 g/mol. The Hall–Kier alpha value is -3.18. The third kappa shape index (κ3) is 3.17. The molecule has 27 heavy (non-hydrogen) atoms. The summed E-state index contributed by atoms with van der Waals surface area (Å²) in [6.07, 6.45) is 3.28. The number of hydrogen-bond donors (Lipinski definition) is 2. The highest BCUT2D eigenvalue weighted by atomic mass is 35.5. The van der Waals surface area contributed by atoms with E-state index < -0.39 is 6.04 Å². The topological polar surface area (TPSA) is 75.1 Å². The van der Waals surface area contributed by atoms with Gasteiger partial charge in [0.2, 0.25) is 5.91 Å². The zero-order valence-corrected chi connectivity index (χ0v) is 15.2.